The summed E-state index contributed by atoms with van der Waals surface area (Å²) in [6.45, 7) is 0. The SMILES string of the molecule is COc1cc(Cl)cc(NC2CCCCC2)c1. The Kier molecular flexibility index (Phi) is 3.94. The first-order valence-corrected chi connectivity index (χ1v) is 6.27. The quantitative estimate of drug-likeness (QED) is 0.858. The van der Waals surface area contributed by atoms with E-state index >= 15 is 0 Å². The Morgan fingerprint density at radius 3 is 2.62 bits per heavy atom. The van der Waals surface area contributed by atoms with Gasteiger partial charge in [0.1, 0.15) is 5.75 Å². The number of anilines is 1. The second-order valence-corrected chi connectivity index (χ2v) is 4.80. The highest BCUT2D eigenvalue weighted by molar-refractivity contribution is 6.31. The molecule has 0 amide bonds. The minimum atomic E-state index is 0.594. The summed E-state index contributed by atoms with van der Waals surface area (Å²) in [6, 6.07) is 6.38. The highest BCUT2D eigenvalue weighted by atomic mass is 35.5. The summed E-state index contributed by atoms with van der Waals surface area (Å²) in [5.74, 6) is 0.811. The molecule has 2 nitrogen and oxygen atoms in total. The molecule has 0 radical (unpaired) electrons. The van der Waals surface area contributed by atoms with Crippen LogP contribution in [0.1, 0.15) is 32.1 Å². The maximum absolute atomic E-state index is 6.03. The highest BCUT2D eigenvalue weighted by Gasteiger charge is 2.13. The van der Waals surface area contributed by atoms with Crippen LogP contribution in [0.4, 0.5) is 5.69 Å². The second-order valence-electron chi connectivity index (χ2n) is 4.36. The molecule has 1 N–H and O–H groups in total. The fourth-order valence-electron chi connectivity index (χ4n) is 2.25. The van der Waals surface area contributed by atoms with Crippen LogP contribution in [0.2, 0.25) is 5.02 Å². The van der Waals surface area contributed by atoms with Crippen molar-refractivity contribution in [3.63, 3.8) is 0 Å². The van der Waals surface area contributed by atoms with Crippen LogP contribution < -0.4 is 10.1 Å². The maximum Gasteiger partial charge on any atom is 0.122 e. The first-order chi connectivity index (χ1) is 7.78. The molecule has 1 aliphatic carbocycles. The number of ether oxygens (including phenoxy) is 1. The fourth-order valence-corrected chi connectivity index (χ4v) is 2.47. The van der Waals surface area contributed by atoms with Gasteiger partial charge in [0.2, 0.25) is 0 Å². The molecular formula is C13H18ClNO. The molecule has 0 heterocycles. The van der Waals surface area contributed by atoms with Crippen molar-refractivity contribution < 1.29 is 4.74 Å². The van der Waals surface area contributed by atoms with Crippen LogP contribution in [-0.4, -0.2) is 13.2 Å². The minimum Gasteiger partial charge on any atom is -0.497 e. The number of benzene rings is 1. The lowest BCUT2D eigenvalue weighted by Crippen LogP contribution is -2.22. The highest BCUT2D eigenvalue weighted by Crippen LogP contribution is 2.27. The van der Waals surface area contributed by atoms with E-state index in [-0.39, 0.29) is 0 Å². The predicted molar refractivity (Wildman–Crippen MR) is 68.5 cm³/mol. The lowest BCUT2D eigenvalue weighted by atomic mass is 9.95. The molecule has 0 unspecified atom stereocenters. The lowest BCUT2D eigenvalue weighted by molar-refractivity contribution is 0.414. The van der Waals surface area contributed by atoms with Crippen molar-refractivity contribution in [3.05, 3.63) is 23.2 Å². The van der Waals surface area contributed by atoms with Gasteiger partial charge in [-0.2, -0.15) is 0 Å². The maximum atomic E-state index is 6.03. The molecule has 0 aromatic heterocycles. The summed E-state index contributed by atoms with van der Waals surface area (Å²) in [4.78, 5) is 0. The average molecular weight is 240 g/mol. The van der Waals surface area contributed by atoms with Crippen LogP contribution in [0, 0.1) is 0 Å². The zero-order valence-corrected chi connectivity index (χ0v) is 10.4. The van der Waals surface area contributed by atoms with Crippen molar-refractivity contribution in [3.8, 4) is 5.75 Å². The third-order valence-electron chi connectivity index (χ3n) is 3.08. The van der Waals surface area contributed by atoms with Gasteiger partial charge in [-0.05, 0) is 25.0 Å². The van der Waals surface area contributed by atoms with Crippen LogP contribution in [0.3, 0.4) is 0 Å². The molecule has 16 heavy (non-hydrogen) atoms. The molecule has 1 fully saturated rings. The van der Waals surface area contributed by atoms with Gasteiger partial charge < -0.3 is 10.1 Å². The molecule has 1 saturated carbocycles. The van der Waals surface area contributed by atoms with E-state index in [4.69, 9.17) is 16.3 Å². The number of halogens is 1. The standard InChI is InChI=1S/C13H18ClNO/c1-16-13-8-10(14)7-12(9-13)15-11-5-3-2-4-6-11/h7-9,11,15H,2-6H2,1H3. The third kappa shape index (κ3) is 3.05. The van der Waals surface area contributed by atoms with E-state index < -0.39 is 0 Å². The number of methoxy groups -OCH3 is 1. The Labute approximate surface area is 102 Å². The van der Waals surface area contributed by atoms with Gasteiger partial charge in [0.25, 0.3) is 0 Å². The molecule has 2 rings (SSSR count). The van der Waals surface area contributed by atoms with Gasteiger partial charge in [-0.3, -0.25) is 0 Å². The van der Waals surface area contributed by atoms with Crippen molar-refractivity contribution in [1.29, 1.82) is 0 Å². The van der Waals surface area contributed by atoms with Crippen molar-refractivity contribution >= 4 is 17.3 Å². The molecule has 88 valence electrons. The molecule has 1 aromatic carbocycles. The zero-order valence-electron chi connectivity index (χ0n) is 9.63. The molecule has 3 heteroatoms. The van der Waals surface area contributed by atoms with Crippen LogP contribution in [-0.2, 0) is 0 Å². The monoisotopic (exact) mass is 239 g/mol. The Balaban J connectivity index is 2.04. The van der Waals surface area contributed by atoms with E-state index in [2.05, 4.69) is 5.32 Å². The van der Waals surface area contributed by atoms with Gasteiger partial charge in [-0.1, -0.05) is 30.9 Å². The summed E-state index contributed by atoms with van der Waals surface area (Å²) < 4.78 is 5.20. The van der Waals surface area contributed by atoms with E-state index in [0.717, 1.165) is 16.5 Å². The average Bonchev–Trinajstić information content (AvgIpc) is 2.29. The normalized spacial score (nSPS) is 17.1. The predicted octanol–water partition coefficient (Wildman–Crippen LogP) is 4.09. The largest absolute Gasteiger partial charge is 0.497 e. The minimum absolute atomic E-state index is 0.594. The summed E-state index contributed by atoms with van der Waals surface area (Å²) in [5.41, 5.74) is 1.07. The van der Waals surface area contributed by atoms with Crippen molar-refractivity contribution in [2.24, 2.45) is 0 Å². The Bertz CT molecular complexity index is 348. The van der Waals surface area contributed by atoms with Crippen molar-refractivity contribution in [2.45, 2.75) is 38.1 Å². The van der Waals surface area contributed by atoms with E-state index in [0.29, 0.717) is 6.04 Å². The number of hydrogen-bond donors (Lipinski definition) is 1. The molecule has 1 aliphatic rings. The van der Waals surface area contributed by atoms with Gasteiger partial charge >= 0.3 is 0 Å². The number of hydrogen-bond acceptors (Lipinski definition) is 2. The van der Waals surface area contributed by atoms with Gasteiger partial charge in [0.05, 0.1) is 7.11 Å². The third-order valence-corrected chi connectivity index (χ3v) is 3.30. The smallest absolute Gasteiger partial charge is 0.122 e. The zero-order chi connectivity index (χ0) is 11.4. The van der Waals surface area contributed by atoms with Crippen LogP contribution in [0.25, 0.3) is 0 Å². The number of nitrogens with one attached hydrogen (secondary N) is 1. The summed E-state index contributed by atoms with van der Waals surface area (Å²) in [6.07, 6.45) is 6.55. The van der Waals surface area contributed by atoms with Crippen LogP contribution in [0.5, 0.6) is 5.75 Å². The van der Waals surface area contributed by atoms with E-state index in [9.17, 15) is 0 Å². The Morgan fingerprint density at radius 2 is 1.94 bits per heavy atom. The van der Waals surface area contributed by atoms with Crippen molar-refractivity contribution in [1.82, 2.24) is 0 Å². The van der Waals surface area contributed by atoms with Gasteiger partial charge in [0, 0.05) is 22.8 Å². The van der Waals surface area contributed by atoms with Gasteiger partial charge in [0.15, 0.2) is 0 Å². The topological polar surface area (TPSA) is 21.3 Å². The van der Waals surface area contributed by atoms with Crippen LogP contribution in [0.15, 0.2) is 18.2 Å². The summed E-state index contributed by atoms with van der Waals surface area (Å²) >= 11 is 6.03. The molecule has 0 aliphatic heterocycles. The summed E-state index contributed by atoms with van der Waals surface area (Å²) in [5, 5.41) is 4.25. The van der Waals surface area contributed by atoms with E-state index in [1.54, 1.807) is 7.11 Å². The first-order valence-electron chi connectivity index (χ1n) is 5.89. The molecule has 0 atom stereocenters. The first kappa shape index (κ1) is 11.6. The summed E-state index contributed by atoms with van der Waals surface area (Å²) in [7, 11) is 1.66. The fraction of sp³-hybridized carbons (Fsp3) is 0.538. The molecule has 0 bridgehead atoms. The lowest BCUT2D eigenvalue weighted by Gasteiger charge is -2.24. The van der Waals surface area contributed by atoms with Crippen LogP contribution >= 0.6 is 11.6 Å². The van der Waals surface area contributed by atoms with E-state index in [1.165, 1.54) is 32.1 Å². The van der Waals surface area contributed by atoms with E-state index in [1.807, 2.05) is 18.2 Å². The molecular weight excluding hydrogens is 222 g/mol. The van der Waals surface area contributed by atoms with Gasteiger partial charge in [-0.25, -0.2) is 0 Å². The second kappa shape index (κ2) is 5.44. The molecule has 1 aromatic rings. The Hall–Kier alpha value is -0.890. The van der Waals surface area contributed by atoms with Gasteiger partial charge in [-0.15, -0.1) is 0 Å². The van der Waals surface area contributed by atoms with Crippen molar-refractivity contribution in [2.75, 3.05) is 12.4 Å². The molecule has 0 spiro atoms. The Morgan fingerprint density at radius 1 is 1.19 bits per heavy atom. The molecule has 0 saturated heterocycles. The number of rotatable bonds is 3.